The molecule has 1 N–H and O–H groups in total. The fraction of sp³-hybridized carbons (Fsp3) is 0.500. The fourth-order valence-corrected chi connectivity index (χ4v) is 2.58. The van der Waals surface area contributed by atoms with E-state index in [4.69, 9.17) is 0 Å². The summed E-state index contributed by atoms with van der Waals surface area (Å²) in [5.74, 6) is 0.560. The molecule has 0 atom stereocenters. The van der Waals surface area contributed by atoms with Gasteiger partial charge < -0.3 is 5.32 Å². The molecule has 0 saturated heterocycles. The van der Waals surface area contributed by atoms with E-state index in [9.17, 15) is 0 Å². The molecule has 0 saturated carbocycles. The number of rotatable bonds is 4. The van der Waals surface area contributed by atoms with Crippen LogP contribution in [0.1, 0.15) is 51.1 Å². The first-order valence-electron chi connectivity index (χ1n) is 7.03. The van der Waals surface area contributed by atoms with E-state index in [0.717, 1.165) is 22.1 Å². The molecule has 1 heterocycles. The monoisotopic (exact) mass is 289 g/mol. The SMILES string of the molecule is CC(C)c1ccc(-c2nnc(CNC(C)(C)C)s2)cc1. The van der Waals surface area contributed by atoms with Gasteiger partial charge in [0.2, 0.25) is 0 Å². The summed E-state index contributed by atoms with van der Waals surface area (Å²) in [4.78, 5) is 0. The summed E-state index contributed by atoms with van der Waals surface area (Å²) in [6.45, 7) is 11.6. The molecular weight excluding hydrogens is 266 g/mol. The summed E-state index contributed by atoms with van der Waals surface area (Å²) >= 11 is 1.66. The van der Waals surface area contributed by atoms with E-state index in [-0.39, 0.29) is 5.54 Å². The maximum Gasteiger partial charge on any atom is 0.147 e. The van der Waals surface area contributed by atoms with Crippen molar-refractivity contribution in [3.63, 3.8) is 0 Å². The maximum absolute atomic E-state index is 4.29. The van der Waals surface area contributed by atoms with Crippen molar-refractivity contribution in [2.75, 3.05) is 0 Å². The normalized spacial score (nSPS) is 12.1. The molecule has 0 fully saturated rings. The van der Waals surface area contributed by atoms with Crippen LogP contribution in [0.3, 0.4) is 0 Å². The van der Waals surface area contributed by atoms with Gasteiger partial charge in [-0.3, -0.25) is 0 Å². The standard InChI is InChI=1S/C16H23N3S/c1-11(2)12-6-8-13(9-7-12)15-19-18-14(20-15)10-17-16(3,4)5/h6-9,11,17H,10H2,1-5H3. The Balaban J connectivity index is 2.08. The summed E-state index contributed by atoms with van der Waals surface area (Å²) in [7, 11) is 0. The highest BCUT2D eigenvalue weighted by Crippen LogP contribution is 2.25. The van der Waals surface area contributed by atoms with Gasteiger partial charge in [0, 0.05) is 11.1 Å². The Morgan fingerprint density at radius 1 is 1.10 bits per heavy atom. The summed E-state index contributed by atoms with van der Waals surface area (Å²) in [6.07, 6.45) is 0. The first kappa shape index (κ1) is 15.1. The van der Waals surface area contributed by atoms with Crippen LogP contribution in [0.2, 0.25) is 0 Å². The molecular formula is C16H23N3S. The first-order chi connectivity index (χ1) is 9.35. The van der Waals surface area contributed by atoms with Crippen molar-refractivity contribution in [1.29, 1.82) is 0 Å². The lowest BCUT2D eigenvalue weighted by Gasteiger charge is -2.19. The van der Waals surface area contributed by atoms with Crippen LogP contribution in [0, 0.1) is 0 Å². The van der Waals surface area contributed by atoms with E-state index in [1.807, 2.05) is 0 Å². The van der Waals surface area contributed by atoms with Crippen molar-refractivity contribution in [1.82, 2.24) is 15.5 Å². The van der Waals surface area contributed by atoms with E-state index in [1.54, 1.807) is 11.3 Å². The Bertz CT molecular complexity index is 550. The highest BCUT2D eigenvalue weighted by atomic mass is 32.1. The van der Waals surface area contributed by atoms with Crippen molar-refractivity contribution in [2.45, 2.75) is 52.6 Å². The number of nitrogens with one attached hydrogen (secondary N) is 1. The van der Waals surface area contributed by atoms with Crippen molar-refractivity contribution in [2.24, 2.45) is 0 Å². The quantitative estimate of drug-likeness (QED) is 0.916. The van der Waals surface area contributed by atoms with Gasteiger partial charge in [0.1, 0.15) is 10.0 Å². The van der Waals surface area contributed by atoms with Crippen LogP contribution in [0.25, 0.3) is 10.6 Å². The fourth-order valence-electron chi connectivity index (χ4n) is 1.79. The summed E-state index contributed by atoms with van der Waals surface area (Å²) in [5.41, 5.74) is 2.60. The predicted octanol–water partition coefficient (Wildman–Crippen LogP) is 4.22. The van der Waals surface area contributed by atoms with Crippen molar-refractivity contribution in [3.05, 3.63) is 34.8 Å². The zero-order valence-electron chi connectivity index (χ0n) is 12.9. The van der Waals surface area contributed by atoms with Gasteiger partial charge in [-0.05, 0) is 32.3 Å². The van der Waals surface area contributed by atoms with Crippen molar-refractivity contribution < 1.29 is 0 Å². The van der Waals surface area contributed by atoms with Gasteiger partial charge in [0.25, 0.3) is 0 Å². The number of hydrogen-bond acceptors (Lipinski definition) is 4. The van der Waals surface area contributed by atoms with Crippen LogP contribution in [-0.4, -0.2) is 15.7 Å². The first-order valence-corrected chi connectivity index (χ1v) is 7.84. The van der Waals surface area contributed by atoms with Gasteiger partial charge in [-0.15, -0.1) is 10.2 Å². The van der Waals surface area contributed by atoms with Crippen LogP contribution in [-0.2, 0) is 6.54 Å². The van der Waals surface area contributed by atoms with Gasteiger partial charge in [0.05, 0.1) is 6.54 Å². The second-order valence-electron chi connectivity index (χ2n) is 6.38. The Labute approximate surface area is 125 Å². The Kier molecular flexibility index (Phi) is 4.55. The average molecular weight is 289 g/mol. The number of hydrogen-bond donors (Lipinski definition) is 1. The van der Waals surface area contributed by atoms with E-state index in [1.165, 1.54) is 5.56 Å². The van der Waals surface area contributed by atoms with Crippen LogP contribution < -0.4 is 5.32 Å². The van der Waals surface area contributed by atoms with Crippen LogP contribution in [0.5, 0.6) is 0 Å². The zero-order valence-corrected chi connectivity index (χ0v) is 13.7. The number of benzene rings is 1. The third-order valence-electron chi connectivity index (χ3n) is 3.06. The van der Waals surface area contributed by atoms with E-state index in [0.29, 0.717) is 5.92 Å². The largest absolute Gasteiger partial charge is 0.306 e. The lowest BCUT2D eigenvalue weighted by atomic mass is 10.0. The molecule has 0 spiro atoms. The molecule has 1 aromatic carbocycles. The third-order valence-corrected chi connectivity index (χ3v) is 4.03. The molecule has 2 aromatic rings. The summed E-state index contributed by atoms with van der Waals surface area (Å²) < 4.78 is 0. The highest BCUT2D eigenvalue weighted by molar-refractivity contribution is 7.14. The molecule has 108 valence electrons. The molecule has 0 aliphatic rings. The van der Waals surface area contributed by atoms with E-state index < -0.39 is 0 Å². The van der Waals surface area contributed by atoms with Crippen LogP contribution in [0.4, 0.5) is 0 Å². The lowest BCUT2D eigenvalue weighted by molar-refractivity contribution is 0.423. The topological polar surface area (TPSA) is 37.8 Å². The van der Waals surface area contributed by atoms with E-state index >= 15 is 0 Å². The van der Waals surface area contributed by atoms with Gasteiger partial charge in [-0.1, -0.05) is 49.4 Å². The molecule has 20 heavy (non-hydrogen) atoms. The molecule has 0 aliphatic carbocycles. The minimum atomic E-state index is 0.102. The van der Waals surface area contributed by atoms with Gasteiger partial charge in [-0.25, -0.2) is 0 Å². The maximum atomic E-state index is 4.29. The molecule has 1 aromatic heterocycles. The Morgan fingerprint density at radius 2 is 1.75 bits per heavy atom. The minimum absolute atomic E-state index is 0.102. The van der Waals surface area contributed by atoms with Crippen LogP contribution in [0.15, 0.2) is 24.3 Å². The third kappa shape index (κ3) is 4.12. The summed E-state index contributed by atoms with van der Waals surface area (Å²) in [6, 6.07) is 8.62. The summed E-state index contributed by atoms with van der Waals surface area (Å²) in [5, 5.41) is 14.0. The van der Waals surface area contributed by atoms with Gasteiger partial charge >= 0.3 is 0 Å². The highest BCUT2D eigenvalue weighted by Gasteiger charge is 2.12. The molecule has 0 aliphatic heterocycles. The molecule has 0 unspecified atom stereocenters. The Morgan fingerprint density at radius 3 is 2.30 bits per heavy atom. The smallest absolute Gasteiger partial charge is 0.147 e. The molecule has 0 bridgehead atoms. The van der Waals surface area contributed by atoms with Crippen molar-refractivity contribution >= 4 is 11.3 Å². The van der Waals surface area contributed by atoms with Crippen LogP contribution >= 0.6 is 11.3 Å². The molecule has 0 amide bonds. The zero-order chi connectivity index (χ0) is 14.8. The number of aromatic nitrogens is 2. The van der Waals surface area contributed by atoms with Gasteiger partial charge in [-0.2, -0.15) is 0 Å². The molecule has 3 nitrogen and oxygen atoms in total. The van der Waals surface area contributed by atoms with Crippen molar-refractivity contribution in [3.8, 4) is 10.6 Å². The lowest BCUT2D eigenvalue weighted by Crippen LogP contribution is -2.35. The molecule has 0 radical (unpaired) electrons. The van der Waals surface area contributed by atoms with Gasteiger partial charge in [0.15, 0.2) is 0 Å². The second kappa shape index (κ2) is 6.02. The predicted molar refractivity (Wildman–Crippen MR) is 86.0 cm³/mol. The van der Waals surface area contributed by atoms with E-state index in [2.05, 4.69) is 74.4 Å². The Hall–Kier alpha value is -1.26. The minimum Gasteiger partial charge on any atom is -0.306 e. The molecule has 2 rings (SSSR count). The number of nitrogens with zero attached hydrogens (tertiary/aromatic N) is 2. The molecule has 4 heteroatoms. The average Bonchev–Trinajstić information content (AvgIpc) is 2.84. The second-order valence-corrected chi connectivity index (χ2v) is 7.44.